The van der Waals surface area contributed by atoms with Crippen LogP contribution in [0.4, 0.5) is 5.69 Å². The fraction of sp³-hybridized carbons (Fsp3) is 0.182. The summed E-state index contributed by atoms with van der Waals surface area (Å²) in [4.78, 5) is 25.8. The maximum absolute atomic E-state index is 12.8. The minimum Gasteiger partial charge on any atom is -0.326 e. The summed E-state index contributed by atoms with van der Waals surface area (Å²) in [6.45, 7) is 3.91. The molecule has 0 aliphatic heterocycles. The number of benzene rings is 2. The minimum absolute atomic E-state index is 0.125. The number of aromatic nitrogens is 3. The lowest BCUT2D eigenvalue weighted by Gasteiger charge is -2.11. The number of rotatable bonds is 5. The van der Waals surface area contributed by atoms with Crippen LogP contribution in [0.25, 0.3) is 11.0 Å². The molecule has 0 aliphatic carbocycles. The first-order valence-electron chi connectivity index (χ1n) is 9.42. The molecule has 0 aliphatic rings. The minimum atomic E-state index is -0.180. The average Bonchev–Trinajstić information content (AvgIpc) is 3.25. The first-order chi connectivity index (χ1) is 14.4. The predicted octanol–water partition coefficient (Wildman–Crippen LogP) is 3.54. The summed E-state index contributed by atoms with van der Waals surface area (Å²) in [5.74, 6) is 0.360. The van der Waals surface area contributed by atoms with E-state index in [0.29, 0.717) is 26.8 Å². The Labute approximate surface area is 181 Å². The lowest BCUT2D eigenvalue weighted by atomic mass is 10.1. The molecule has 2 heterocycles. The first-order valence-corrected chi connectivity index (χ1v) is 10.6. The van der Waals surface area contributed by atoms with Gasteiger partial charge in [0.25, 0.3) is 5.56 Å². The highest BCUT2D eigenvalue weighted by Crippen LogP contribution is 2.19. The summed E-state index contributed by atoms with van der Waals surface area (Å²) >= 11 is 7.19. The van der Waals surface area contributed by atoms with E-state index in [1.54, 1.807) is 18.2 Å². The number of halogens is 1. The summed E-state index contributed by atoms with van der Waals surface area (Å²) in [5, 5.41) is 11.8. The highest BCUT2D eigenvalue weighted by Gasteiger charge is 2.14. The van der Waals surface area contributed by atoms with Gasteiger partial charge in [-0.15, -0.1) is 10.2 Å². The van der Waals surface area contributed by atoms with Gasteiger partial charge in [-0.2, -0.15) is 0 Å². The Bertz CT molecular complexity index is 1320. The molecule has 0 fully saturated rings. The number of nitrogens with zero attached hydrogens (tertiary/aromatic N) is 3. The molecule has 2 aromatic heterocycles. The van der Waals surface area contributed by atoms with Crippen LogP contribution in [0.15, 0.2) is 47.3 Å². The average molecular weight is 439 g/mol. The third kappa shape index (κ3) is 4.13. The maximum Gasteiger partial charge on any atom is 0.275 e. The summed E-state index contributed by atoms with van der Waals surface area (Å²) < 4.78 is 2.04. The number of carbonyl (C=O) groups excluding carboxylic acids is 1. The Morgan fingerprint density at radius 1 is 1.13 bits per heavy atom. The monoisotopic (exact) mass is 438 g/mol. The second kappa shape index (κ2) is 8.38. The lowest BCUT2D eigenvalue weighted by molar-refractivity contribution is -0.116. The highest BCUT2D eigenvalue weighted by atomic mass is 35.5. The van der Waals surface area contributed by atoms with E-state index in [4.69, 9.17) is 11.6 Å². The third-order valence-corrected chi connectivity index (χ3v) is 6.02. The zero-order chi connectivity index (χ0) is 21.3. The van der Waals surface area contributed by atoms with Crippen molar-refractivity contribution in [1.82, 2.24) is 14.6 Å². The molecule has 0 atom stereocenters. The van der Waals surface area contributed by atoms with E-state index in [2.05, 4.69) is 15.5 Å². The number of hydrogen-bond acceptors (Lipinski definition) is 5. The van der Waals surface area contributed by atoms with Gasteiger partial charge in [0.1, 0.15) is 5.82 Å². The summed E-state index contributed by atoms with van der Waals surface area (Å²) in [6, 6.07) is 13.1. The van der Waals surface area contributed by atoms with E-state index in [9.17, 15) is 9.59 Å². The molecule has 1 N–H and O–H groups in total. The number of hydrogen-bond donors (Lipinski definition) is 1. The number of carbonyl (C=O) groups is 1. The third-order valence-electron chi connectivity index (χ3n) is 4.80. The van der Waals surface area contributed by atoms with Crippen molar-refractivity contribution >= 4 is 45.6 Å². The molecule has 0 saturated carbocycles. The van der Waals surface area contributed by atoms with Gasteiger partial charge in [0.2, 0.25) is 10.9 Å². The summed E-state index contributed by atoms with van der Waals surface area (Å²) in [6.07, 6.45) is 2.33. The Hall–Kier alpha value is -3.03. The second-order valence-electron chi connectivity index (χ2n) is 7.02. The van der Waals surface area contributed by atoms with Gasteiger partial charge < -0.3 is 5.32 Å². The van der Waals surface area contributed by atoms with Crippen molar-refractivity contribution < 1.29 is 4.79 Å². The molecule has 8 heteroatoms. The molecule has 0 saturated heterocycles. The van der Waals surface area contributed by atoms with Crippen LogP contribution in [-0.4, -0.2) is 20.5 Å². The van der Waals surface area contributed by atoms with Crippen molar-refractivity contribution in [3.05, 3.63) is 84.9 Å². The van der Waals surface area contributed by atoms with Crippen LogP contribution in [0.1, 0.15) is 28.9 Å². The largest absolute Gasteiger partial charge is 0.326 e. The van der Waals surface area contributed by atoms with E-state index in [0.717, 1.165) is 22.4 Å². The van der Waals surface area contributed by atoms with E-state index in [1.165, 1.54) is 15.7 Å². The van der Waals surface area contributed by atoms with Gasteiger partial charge in [-0.05, 0) is 48.7 Å². The topological polar surface area (TPSA) is 76.4 Å². The second-order valence-corrected chi connectivity index (χ2v) is 8.46. The molecule has 152 valence electrons. The van der Waals surface area contributed by atoms with E-state index in [1.807, 2.05) is 44.2 Å². The van der Waals surface area contributed by atoms with E-state index < -0.39 is 0 Å². The van der Waals surface area contributed by atoms with Crippen LogP contribution in [0.5, 0.6) is 0 Å². The predicted molar refractivity (Wildman–Crippen MR) is 120 cm³/mol. The molecule has 0 spiro atoms. The molecular weight excluding hydrogens is 420 g/mol. The number of anilines is 1. The number of thiazole rings is 1. The first kappa shape index (κ1) is 20.3. The molecule has 0 radical (unpaired) electrons. The van der Waals surface area contributed by atoms with Crippen LogP contribution >= 0.6 is 22.9 Å². The smallest absolute Gasteiger partial charge is 0.275 e. The Morgan fingerprint density at radius 2 is 1.83 bits per heavy atom. The van der Waals surface area contributed by atoms with Crippen molar-refractivity contribution in [3.63, 3.8) is 0 Å². The Balaban J connectivity index is 1.54. The van der Waals surface area contributed by atoms with Crippen molar-refractivity contribution in [2.45, 2.75) is 26.7 Å². The van der Waals surface area contributed by atoms with Gasteiger partial charge in [0.15, 0.2) is 0 Å². The van der Waals surface area contributed by atoms with Crippen LogP contribution in [0, 0.1) is 13.8 Å². The van der Waals surface area contributed by atoms with E-state index >= 15 is 0 Å². The summed E-state index contributed by atoms with van der Waals surface area (Å²) in [5.41, 5.74) is 3.54. The van der Waals surface area contributed by atoms with Crippen LogP contribution in [0.3, 0.4) is 0 Å². The zero-order valence-electron chi connectivity index (χ0n) is 16.5. The number of aryl methyl sites for hydroxylation is 3. The van der Waals surface area contributed by atoms with Crippen molar-refractivity contribution in [2.24, 2.45) is 0 Å². The zero-order valence-corrected chi connectivity index (χ0v) is 18.0. The standard InChI is InChI=1S/C22H19ClN4O2S/c1-13-4-3-5-14(2)20(13)24-19(28)11-10-18-25-26-22-27(18)21(29)17(30-22)12-15-6-8-16(23)9-7-15/h3-9,12H,10-11H2,1-2H3,(H,24,28)/b17-12+. The van der Waals surface area contributed by atoms with E-state index in [-0.39, 0.29) is 17.9 Å². The number of para-hydroxylation sites is 1. The molecule has 0 unspecified atom stereocenters. The number of amides is 1. The van der Waals surface area contributed by atoms with Gasteiger partial charge in [0, 0.05) is 23.6 Å². The molecule has 0 bridgehead atoms. The van der Waals surface area contributed by atoms with Crippen molar-refractivity contribution in [2.75, 3.05) is 5.32 Å². The van der Waals surface area contributed by atoms with Crippen LogP contribution in [0.2, 0.25) is 5.02 Å². The van der Waals surface area contributed by atoms with Gasteiger partial charge in [-0.3, -0.25) is 9.59 Å². The quantitative estimate of drug-likeness (QED) is 0.517. The van der Waals surface area contributed by atoms with Crippen molar-refractivity contribution in [1.29, 1.82) is 0 Å². The molecule has 4 aromatic rings. The summed E-state index contributed by atoms with van der Waals surface area (Å²) in [7, 11) is 0. The van der Waals surface area contributed by atoms with Gasteiger partial charge in [-0.25, -0.2) is 4.40 Å². The number of fused-ring (bicyclic) bond motifs is 1. The van der Waals surface area contributed by atoms with Gasteiger partial charge in [0.05, 0.1) is 4.53 Å². The van der Waals surface area contributed by atoms with Crippen LogP contribution in [-0.2, 0) is 11.2 Å². The molecule has 1 amide bonds. The molecule has 2 aromatic carbocycles. The van der Waals surface area contributed by atoms with Gasteiger partial charge in [-0.1, -0.05) is 53.3 Å². The van der Waals surface area contributed by atoms with Crippen LogP contribution < -0.4 is 15.4 Å². The number of nitrogens with one attached hydrogen (secondary N) is 1. The fourth-order valence-electron chi connectivity index (χ4n) is 3.22. The molecule has 30 heavy (non-hydrogen) atoms. The normalized spacial score (nSPS) is 11.9. The Morgan fingerprint density at radius 3 is 2.53 bits per heavy atom. The molecule has 6 nitrogen and oxygen atoms in total. The maximum atomic E-state index is 12.8. The van der Waals surface area contributed by atoms with Gasteiger partial charge >= 0.3 is 0 Å². The Kier molecular flexibility index (Phi) is 5.65. The van der Waals surface area contributed by atoms with Crippen molar-refractivity contribution in [3.8, 4) is 0 Å². The SMILES string of the molecule is Cc1cccc(C)c1NC(=O)CCc1nnc2s/c(=C/c3ccc(Cl)cc3)c(=O)n12. The molecular formula is C22H19ClN4O2S. The molecule has 4 rings (SSSR count). The fourth-order valence-corrected chi connectivity index (χ4v) is 4.28. The highest BCUT2D eigenvalue weighted by molar-refractivity contribution is 7.15. The lowest BCUT2D eigenvalue weighted by Crippen LogP contribution is -2.25.